The van der Waals surface area contributed by atoms with Crippen LogP contribution in [0.1, 0.15) is 106 Å². The predicted molar refractivity (Wildman–Crippen MR) is 199 cm³/mol. The van der Waals surface area contributed by atoms with E-state index < -0.39 is 107 Å². The highest BCUT2D eigenvalue weighted by Crippen LogP contribution is 2.75. The van der Waals surface area contributed by atoms with Gasteiger partial charge in [0.15, 0.2) is 30.6 Å². The van der Waals surface area contributed by atoms with Crippen molar-refractivity contribution in [3.8, 4) is 0 Å². The van der Waals surface area contributed by atoms with Crippen LogP contribution >= 0.6 is 0 Å². The molecule has 19 atom stereocenters. The Morgan fingerprint density at radius 3 is 1.90 bits per heavy atom. The summed E-state index contributed by atoms with van der Waals surface area (Å²) < 4.78 is 22.8. The number of carboxylic acid groups (broad SMARTS) is 3. The van der Waals surface area contributed by atoms with Gasteiger partial charge >= 0.3 is 17.9 Å². The third-order valence-electron chi connectivity index (χ3n) is 17.2. The van der Waals surface area contributed by atoms with Crippen molar-refractivity contribution >= 4 is 23.7 Å². The highest BCUT2D eigenvalue weighted by Gasteiger charge is 2.71. The molecule has 4 saturated carbocycles. The lowest BCUT2D eigenvalue weighted by Crippen LogP contribution is -2.68. The van der Waals surface area contributed by atoms with Crippen LogP contribution in [-0.2, 0) is 38.1 Å². The molecule has 0 aromatic carbocycles. The Labute approximate surface area is 337 Å². The van der Waals surface area contributed by atoms with Crippen LogP contribution in [-0.4, -0.2) is 132 Å². The van der Waals surface area contributed by atoms with Gasteiger partial charge in [0.25, 0.3) is 0 Å². The van der Waals surface area contributed by atoms with Crippen molar-refractivity contribution in [2.24, 2.45) is 50.2 Å². The minimum atomic E-state index is -2.06. The van der Waals surface area contributed by atoms with Gasteiger partial charge in [-0.2, -0.15) is 0 Å². The van der Waals surface area contributed by atoms with E-state index in [1.807, 2.05) is 26.8 Å². The molecule has 0 spiro atoms. The van der Waals surface area contributed by atoms with E-state index in [4.69, 9.17) is 18.9 Å². The van der Waals surface area contributed by atoms with E-state index in [0.717, 1.165) is 37.7 Å². The molecule has 326 valence electrons. The number of hydrogen-bond donors (Lipinski definition) is 8. The van der Waals surface area contributed by atoms with Crippen molar-refractivity contribution in [2.75, 3.05) is 0 Å². The molecular formula is C42H62O16. The first-order chi connectivity index (χ1) is 26.8. The molecule has 7 aliphatic rings. The Balaban J connectivity index is 1.11. The number of aliphatic hydroxyl groups excluding tert-OH is 5. The second-order valence-electron chi connectivity index (χ2n) is 20.6. The summed E-state index contributed by atoms with van der Waals surface area (Å²) >= 11 is 0. The van der Waals surface area contributed by atoms with E-state index in [-0.39, 0.29) is 34.4 Å². The zero-order valence-corrected chi connectivity index (χ0v) is 34.4. The van der Waals surface area contributed by atoms with Crippen LogP contribution in [0.25, 0.3) is 0 Å². The lowest BCUT2D eigenvalue weighted by molar-refractivity contribution is -0.360. The Bertz CT molecular complexity index is 1730. The summed E-state index contributed by atoms with van der Waals surface area (Å²) in [6.45, 7) is 14.9. The van der Waals surface area contributed by atoms with Gasteiger partial charge in [0.1, 0.15) is 36.6 Å². The zero-order chi connectivity index (χ0) is 42.9. The van der Waals surface area contributed by atoms with E-state index in [9.17, 15) is 60.0 Å². The van der Waals surface area contributed by atoms with Crippen molar-refractivity contribution in [1.82, 2.24) is 0 Å². The molecule has 0 aromatic rings. The second-order valence-corrected chi connectivity index (χ2v) is 20.6. The first kappa shape index (κ1) is 43.5. The van der Waals surface area contributed by atoms with Crippen LogP contribution in [0.5, 0.6) is 0 Å². The van der Waals surface area contributed by atoms with Crippen LogP contribution in [0.15, 0.2) is 11.6 Å². The topological polar surface area (TPSA) is 267 Å². The van der Waals surface area contributed by atoms with Gasteiger partial charge in [-0.1, -0.05) is 47.1 Å². The smallest absolute Gasteiger partial charge is 0.335 e. The number of carboxylic acids is 3. The van der Waals surface area contributed by atoms with Gasteiger partial charge in [-0.05, 0) is 110 Å². The number of ether oxygens (including phenoxy) is 4. The van der Waals surface area contributed by atoms with E-state index in [2.05, 4.69) is 27.7 Å². The van der Waals surface area contributed by atoms with Gasteiger partial charge < -0.3 is 59.8 Å². The van der Waals surface area contributed by atoms with Gasteiger partial charge in [0, 0.05) is 5.92 Å². The third-order valence-corrected chi connectivity index (χ3v) is 17.2. The summed E-state index contributed by atoms with van der Waals surface area (Å²) in [5, 5.41) is 83.1. The fourth-order valence-corrected chi connectivity index (χ4v) is 13.4. The van der Waals surface area contributed by atoms with Gasteiger partial charge in [0.05, 0.1) is 11.5 Å². The number of aliphatic hydroxyl groups is 5. The molecule has 2 aliphatic heterocycles. The van der Waals surface area contributed by atoms with Crippen LogP contribution in [0.2, 0.25) is 0 Å². The van der Waals surface area contributed by atoms with E-state index in [0.29, 0.717) is 25.7 Å². The predicted octanol–water partition coefficient (Wildman–Crippen LogP) is 2.25. The van der Waals surface area contributed by atoms with E-state index in [1.54, 1.807) is 0 Å². The molecule has 16 nitrogen and oxygen atoms in total. The number of fused-ring (bicyclic) bond motifs is 7. The summed E-state index contributed by atoms with van der Waals surface area (Å²) in [5.74, 6) is -4.42. The summed E-state index contributed by atoms with van der Waals surface area (Å²) in [5.41, 5.74) is -1.63. The summed E-state index contributed by atoms with van der Waals surface area (Å²) in [4.78, 5) is 51.4. The maximum atomic E-state index is 14.8. The average molecular weight is 823 g/mol. The molecule has 8 N–H and O–H groups in total. The van der Waals surface area contributed by atoms with E-state index in [1.165, 1.54) is 0 Å². The van der Waals surface area contributed by atoms with Crippen molar-refractivity contribution in [3.63, 3.8) is 0 Å². The maximum absolute atomic E-state index is 14.8. The average Bonchev–Trinajstić information content (AvgIpc) is 3.13. The van der Waals surface area contributed by atoms with Gasteiger partial charge in [-0.3, -0.25) is 9.59 Å². The highest BCUT2D eigenvalue weighted by atomic mass is 16.7. The zero-order valence-electron chi connectivity index (χ0n) is 34.4. The standard InChI is InChI=1S/C42H62O16/c1-37(2)21-8-11-42(7)31(20(43)16-18-19-17-39(4,36(53)54)13-12-38(19,3)14-15-41(18,42)6)40(21,5)10-9-22(37)55-34-27(48)25(46)28(30(58-34)33(51)52)56-35-26(47)23(44)24(45)29(57-35)32(49)50/h16,19,21-31,34-35,44-48H,8-15,17H2,1-7H3,(H,49,50)(H,51,52)(H,53,54). The molecule has 16 heteroatoms. The van der Waals surface area contributed by atoms with Crippen molar-refractivity contribution in [3.05, 3.63) is 11.6 Å². The normalized spacial score (nSPS) is 52.6. The largest absolute Gasteiger partial charge is 0.481 e. The minimum absolute atomic E-state index is 0.00719. The molecule has 2 heterocycles. The van der Waals surface area contributed by atoms with Crippen molar-refractivity contribution in [1.29, 1.82) is 0 Å². The Morgan fingerprint density at radius 1 is 0.690 bits per heavy atom. The number of aliphatic carboxylic acids is 3. The highest BCUT2D eigenvalue weighted by molar-refractivity contribution is 5.95. The van der Waals surface area contributed by atoms with Crippen LogP contribution in [0.3, 0.4) is 0 Å². The van der Waals surface area contributed by atoms with Crippen LogP contribution in [0, 0.1) is 50.2 Å². The number of carbonyl (C=O) groups excluding carboxylic acids is 1. The quantitative estimate of drug-likeness (QED) is 0.171. The molecule has 6 fully saturated rings. The van der Waals surface area contributed by atoms with Gasteiger partial charge in [0.2, 0.25) is 0 Å². The Hall–Kier alpha value is -2.54. The monoisotopic (exact) mass is 822 g/mol. The Kier molecular flexibility index (Phi) is 10.7. The summed E-state index contributed by atoms with van der Waals surface area (Å²) in [6, 6.07) is 0. The van der Waals surface area contributed by atoms with Crippen molar-refractivity contribution in [2.45, 2.75) is 174 Å². The summed E-state index contributed by atoms with van der Waals surface area (Å²) in [6.07, 6.45) is -12.1. The maximum Gasteiger partial charge on any atom is 0.335 e. The lowest BCUT2D eigenvalue weighted by atomic mass is 9.33. The van der Waals surface area contributed by atoms with Crippen LogP contribution in [0.4, 0.5) is 0 Å². The van der Waals surface area contributed by atoms with Crippen molar-refractivity contribution < 1.29 is 79.0 Å². The number of hydrogen-bond acceptors (Lipinski definition) is 13. The Morgan fingerprint density at radius 2 is 1.28 bits per heavy atom. The molecule has 0 amide bonds. The second kappa shape index (κ2) is 14.3. The minimum Gasteiger partial charge on any atom is -0.481 e. The third kappa shape index (κ3) is 6.25. The molecule has 0 bridgehead atoms. The van der Waals surface area contributed by atoms with Gasteiger partial charge in [-0.25, -0.2) is 9.59 Å². The summed E-state index contributed by atoms with van der Waals surface area (Å²) in [7, 11) is 0. The molecule has 19 unspecified atom stereocenters. The van der Waals surface area contributed by atoms with Crippen LogP contribution < -0.4 is 0 Å². The first-order valence-electron chi connectivity index (χ1n) is 20.7. The number of carbonyl (C=O) groups is 4. The molecule has 2 saturated heterocycles. The number of allylic oxidation sites excluding steroid dienone is 2. The molecule has 58 heavy (non-hydrogen) atoms. The molecule has 7 rings (SSSR count). The molecular weight excluding hydrogens is 760 g/mol. The fraction of sp³-hybridized carbons (Fsp3) is 0.857. The van der Waals surface area contributed by atoms with E-state index >= 15 is 0 Å². The first-order valence-corrected chi connectivity index (χ1v) is 20.7. The number of ketones is 1. The molecule has 0 aromatic heterocycles. The fourth-order valence-electron chi connectivity index (χ4n) is 13.4. The number of rotatable bonds is 7. The molecule has 5 aliphatic carbocycles. The SMILES string of the molecule is CC1(C(=O)O)CCC2(C)CCC3(C)C(=CC(=O)C4C5(C)CCC(OC6OC(C(=O)O)C(OC7OC(C(=O)O)C(O)C(O)C7O)C(O)C6O)C(C)(C)C5CCC43C)C2C1. The molecule has 0 radical (unpaired) electrons. The lowest BCUT2D eigenvalue weighted by Gasteiger charge is -2.70. The van der Waals surface area contributed by atoms with Gasteiger partial charge in [-0.15, -0.1) is 0 Å².